The largest absolute Gasteiger partial charge is 0.313 e. The third-order valence-electron chi connectivity index (χ3n) is 3.33. The van der Waals surface area contributed by atoms with E-state index < -0.39 is 10.0 Å². The maximum atomic E-state index is 12.2. The van der Waals surface area contributed by atoms with Crippen molar-refractivity contribution in [3.05, 3.63) is 17.0 Å². The van der Waals surface area contributed by atoms with Crippen LogP contribution in [0.2, 0.25) is 0 Å². The number of hydrogen-bond acceptors (Lipinski definition) is 5. The molecular weight excluding hydrogens is 306 g/mol. The third kappa shape index (κ3) is 6.44. The average molecular weight is 334 g/mol. The van der Waals surface area contributed by atoms with Gasteiger partial charge < -0.3 is 10.2 Å². The Bertz CT molecular complexity index is 512. The molecule has 0 aliphatic rings. The molecule has 122 valence electrons. The zero-order chi connectivity index (χ0) is 15.9. The van der Waals surface area contributed by atoms with E-state index in [2.05, 4.69) is 28.8 Å². The zero-order valence-electron chi connectivity index (χ0n) is 13.3. The maximum Gasteiger partial charge on any atom is 0.250 e. The first-order chi connectivity index (χ1) is 9.86. The second-order valence-corrected chi connectivity index (χ2v) is 8.29. The number of hydrogen-bond donors (Lipinski definition) is 2. The fourth-order valence-electron chi connectivity index (χ4n) is 1.72. The molecule has 1 aromatic heterocycles. The highest BCUT2D eigenvalue weighted by Crippen LogP contribution is 2.19. The number of nitrogens with one attached hydrogen (secondary N) is 2. The van der Waals surface area contributed by atoms with Crippen LogP contribution in [0.4, 0.5) is 0 Å². The first kappa shape index (κ1) is 18.6. The molecule has 21 heavy (non-hydrogen) atoms. The molecular formula is C14H27N3O2S2. The highest BCUT2D eigenvalue weighted by molar-refractivity contribution is 7.91. The van der Waals surface area contributed by atoms with Crippen LogP contribution in [-0.4, -0.2) is 46.0 Å². The van der Waals surface area contributed by atoms with Crippen LogP contribution in [0.5, 0.6) is 0 Å². The molecule has 0 fully saturated rings. The lowest BCUT2D eigenvalue weighted by molar-refractivity contribution is 0.271. The lowest BCUT2D eigenvalue weighted by Crippen LogP contribution is -2.31. The Hall–Kier alpha value is -0.470. The average Bonchev–Trinajstić information content (AvgIpc) is 2.90. The quantitative estimate of drug-likeness (QED) is 0.642. The van der Waals surface area contributed by atoms with E-state index in [4.69, 9.17) is 0 Å². The Labute approximate surface area is 132 Å². The van der Waals surface area contributed by atoms with Gasteiger partial charge in [0.1, 0.15) is 4.21 Å². The van der Waals surface area contributed by atoms with E-state index in [9.17, 15) is 8.42 Å². The minimum atomic E-state index is -3.36. The molecule has 0 saturated carbocycles. The van der Waals surface area contributed by atoms with Gasteiger partial charge in [0.25, 0.3) is 0 Å². The summed E-state index contributed by atoms with van der Waals surface area (Å²) < 4.78 is 27.4. The van der Waals surface area contributed by atoms with Crippen molar-refractivity contribution in [1.82, 2.24) is 14.9 Å². The molecule has 1 heterocycles. The third-order valence-corrected chi connectivity index (χ3v) is 6.28. The maximum absolute atomic E-state index is 12.2. The lowest BCUT2D eigenvalue weighted by atomic mass is 10.3. The standard InChI is InChI=1S/C14H27N3O2S2/c1-5-15-10-13-9-14(20-11-13)21(18,19)16-7-6-8-17(4)12(2)3/h9,11-12,15-16H,5-8,10H2,1-4H3. The van der Waals surface area contributed by atoms with Crippen molar-refractivity contribution in [1.29, 1.82) is 0 Å². The molecule has 0 radical (unpaired) electrons. The van der Waals surface area contributed by atoms with Crippen LogP contribution in [-0.2, 0) is 16.6 Å². The predicted octanol–water partition coefficient (Wildman–Crippen LogP) is 1.87. The van der Waals surface area contributed by atoms with E-state index in [1.54, 1.807) is 6.07 Å². The minimum Gasteiger partial charge on any atom is -0.313 e. The first-order valence-electron chi connectivity index (χ1n) is 7.35. The van der Waals surface area contributed by atoms with Crippen LogP contribution in [0.1, 0.15) is 32.8 Å². The van der Waals surface area contributed by atoms with Gasteiger partial charge in [-0.1, -0.05) is 6.92 Å². The van der Waals surface area contributed by atoms with E-state index in [1.165, 1.54) is 11.3 Å². The summed E-state index contributed by atoms with van der Waals surface area (Å²) in [5, 5.41) is 5.08. The number of sulfonamides is 1. The highest BCUT2D eigenvalue weighted by Gasteiger charge is 2.16. The van der Waals surface area contributed by atoms with Gasteiger partial charge in [-0.15, -0.1) is 11.3 Å². The Morgan fingerprint density at radius 2 is 2.10 bits per heavy atom. The van der Waals surface area contributed by atoms with E-state index in [0.717, 1.165) is 25.1 Å². The van der Waals surface area contributed by atoms with Gasteiger partial charge in [0, 0.05) is 19.1 Å². The van der Waals surface area contributed by atoms with Crippen molar-refractivity contribution in [2.45, 2.75) is 44.0 Å². The Balaban J connectivity index is 2.44. The monoisotopic (exact) mass is 333 g/mol. The van der Waals surface area contributed by atoms with Gasteiger partial charge in [-0.25, -0.2) is 13.1 Å². The molecule has 0 atom stereocenters. The molecule has 0 saturated heterocycles. The van der Waals surface area contributed by atoms with Crippen LogP contribution in [0, 0.1) is 0 Å². The van der Waals surface area contributed by atoms with E-state index >= 15 is 0 Å². The lowest BCUT2D eigenvalue weighted by Gasteiger charge is -2.20. The van der Waals surface area contributed by atoms with Crippen molar-refractivity contribution in [3.63, 3.8) is 0 Å². The van der Waals surface area contributed by atoms with Gasteiger partial charge in [-0.3, -0.25) is 0 Å². The molecule has 0 aromatic carbocycles. The summed E-state index contributed by atoms with van der Waals surface area (Å²) in [4.78, 5) is 2.20. The normalized spacial score (nSPS) is 12.5. The molecule has 0 unspecified atom stereocenters. The van der Waals surface area contributed by atoms with Crippen molar-refractivity contribution in [2.75, 3.05) is 26.7 Å². The number of nitrogens with zero attached hydrogens (tertiary/aromatic N) is 1. The zero-order valence-corrected chi connectivity index (χ0v) is 15.0. The van der Waals surface area contributed by atoms with E-state index in [0.29, 0.717) is 23.3 Å². The van der Waals surface area contributed by atoms with Crippen LogP contribution in [0.15, 0.2) is 15.7 Å². The molecule has 0 aliphatic carbocycles. The predicted molar refractivity (Wildman–Crippen MR) is 89.3 cm³/mol. The number of rotatable bonds is 10. The molecule has 1 aromatic rings. The smallest absolute Gasteiger partial charge is 0.250 e. The molecule has 0 aliphatic heterocycles. The molecule has 7 heteroatoms. The van der Waals surface area contributed by atoms with Crippen LogP contribution in [0.25, 0.3) is 0 Å². The van der Waals surface area contributed by atoms with E-state index in [-0.39, 0.29) is 0 Å². The van der Waals surface area contributed by atoms with Gasteiger partial charge in [-0.05, 0) is 57.4 Å². The summed E-state index contributed by atoms with van der Waals surface area (Å²) in [6.07, 6.45) is 0.809. The minimum absolute atomic E-state index is 0.396. The summed E-state index contributed by atoms with van der Waals surface area (Å²) in [5.41, 5.74) is 1.02. The topological polar surface area (TPSA) is 61.4 Å². The van der Waals surface area contributed by atoms with Crippen LogP contribution < -0.4 is 10.0 Å². The van der Waals surface area contributed by atoms with Crippen molar-refractivity contribution in [3.8, 4) is 0 Å². The van der Waals surface area contributed by atoms with Gasteiger partial charge in [-0.2, -0.15) is 0 Å². The molecule has 5 nitrogen and oxygen atoms in total. The summed E-state index contributed by atoms with van der Waals surface area (Å²) in [5.74, 6) is 0. The van der Waals surface area contributed by atoms with Gasteiger partial charge in [0.2, 0.25) is 10.0 Å². The molecule has 0 amide bonds. The van der Waals surface area contributed by atoms with Gasteiger partial charge in [0.15, 0.2) is 0 Å². The molecule has 0 spiro atoms. The van der Waals surface area contributed by atoms with Crippen LogP contribution >= 0.6 is 11.3 Å². The molecule has 1 rings (SSSR count). The fraction of sp³-hybridized carbons (Fsp3) is 0.714. The number of thiophene rings is 1. The molecule has 0 bridgehead atoms. The Morgan fingerprint density at radius 1 is 1.38 bits per heavy atom. The summed E-state index contributed by atoms with van der Waals surface area (Å²) in [6.45, 7) is 9.22. The van der Waals surface area contributed by atoms with Gasteiger partial charge >= 0.3 is 0 Å². The van der Waals surface area contributed by atoms with Crippen molar-refractivity contribution in [2.24, 2.45) is 0 Å². The fourth-order valence-corrected chi connectivity index (χ4v) is 4.05. The van der Waals surface area contributed by atoms with E-state index in [1.807, 2.05) is 19.4 Å². The first-order valence-corrected chi connectivity index (χ1v) is 9.71. The summed E-state index contributed by atoms with van der Waals surface area (Å²) in [7, 11) is -1.31. The summed E-state index contributed by atoms with van der Waals surface area (Å²) >= 11 is 1.28. The Kier molecular flexibility index (Phi) is 7.83. The van der Waals surface area contributed by atoms with Crippen molar-refractivity contribution < 1.29 is 8.42 Å². The highest BCUT2D eigenvalue weighted by atomic mass is 32.2. The van der Waals surface area contributed by atoms with Gasteiger partial charge in [0.05, 0.1) is 0 Å². The Morgan fingerprint density at radius 3 is 2.71 bits per heavy atom. The van der Waals surface area contributed by atoms with Crippen LogP contribution in [0.3, 0.4) is 0 Å². The van der Waals surface area contributed by atoms with Crippen molar-refractivity contribution >= 4 is 21.4 Å². The second-order valence-electron chi connectivity index (χ2n) is 5.38. The summed E-state index contributed by atoms with van der Waals surface area (Å²) in [6, 6.07) is 2.23. The molecule has 2 N–H and O–H groups in total. The SMILES string of the molecule is CCNCc1csc(S(=O)(=O)NCCCN(C)C(C)C)c1. The second kappa shape index (κ2) is 8.85.